The van der Waals surface area contributed by atoms with Gasteiger partial charge in [-0.05, 0) is 37.6 Å². The van der Waals surface area contributed by atoms with Gasteiger partial charge in [0.15, 0.2) is 0 Å². The Morgan fingerprint density at radius 3 is 2.75 bits per heavy atom. The monoisotopic (exact) mass is 216 g/mol. The van der Waals surface area contributed by atoms with E-state index in [-0.39, 0.29) is 6.04 Å². The highest BCUT2D eigenvalue weighted by molar-refractivity contribution is 5.20. The fraction of sp³-hybridized carbons (Fsp3) is 0.308. The summed E-state index contributed by atoms with van der Waals surface area (Å²) in [7, 11) is 0. The van der Waals surface area contributed by atoms with E-state index in [4.69, 9.17) is 10.2 Å². The van der Waals surface area contributed by atoms with Gasteiger partial charge in [-0.15, -0.1) is 0 Å². The van der Waals surface area contributed by atoms with Crippen LogP contribution in [-0.2, 0) is 6.42 Å². The topological polar surface area (TPSA) is 52.0 Å². The number of hydrogen-bond donors (Lipinski definition) is 1. The smallest absolute Gasteiger partial charge is 0.121 e. The molecular weight excluding hydrogens is 200 g/mol. The van der Waals surface area contributed by atoms with Crippen molar-refractivity contribution in [3.05, 3.63) is 53.2 Å². The molecule has 1 unspecified atom stereocenters. The van der Waals surface area contributed by atoms with Crippen LogP contribution in [0.4, 0.5) is 0 Å². The number of nitrogens with zero attached hydrogens (tertiary/aromatic N) is 1. The molecule has 0 saturated carbocycles. The Hall–Kier alpha value is -1.61. The summed E-state index contributed by atoms with van der Waals surface area (Å²) >= 11 is 0. The predicted octanol–water partition coefficient (Wildman–Crippen LogP) is 2.53. The average molecular weight is 216 g/mol. The summed E-state index contributed by atoms with van der Waals surface area (Å²) in [5, 5.41) is 0. The molecule has 0 amide bonds. The van der Waals surface area contributed by atoms with E-state index in [1.54, 1.807) is 6.20 Å². The zero-order valence-corrected chi connectivity index (χ0v) is 9.60. The van der Waals surface area contributed by atoms with E-state index in [0.717, 1.165) is 17.2 Å². The van der Waals surface area contributed by atoms with E-state index in [1.165, 1.54) is 5.56 Å². The first-order chi connectivity index (χ1) is 7.66. The molecule has 2 aromatic heterocycles. The fourth-order valence-electron chi connectivity index (χ4n) is 1.69. The lowest BCUT2D eigenvalue weighted by atomic mass is 10.1. The third-order valence-electron chi connectivity index (χ3n) is 2.66. The number of rotatable bonds is 3. The molecule has 0 aliphatic carbocycles. The predicted molar refractivity (Wildman–Crippen MR) is 63.1 cm³/mol. The summed E-state index contributed by atoms with van der Waals surface area (Å²) in [5.41, 5.74) is 8.27. The van der Waals surface area contributed by atoms with Crippen molar-refractivity contribution in [2.24, 2.45) is 5.73 Å². The van der Waals surface area contributed by atoms with Crippen molar-refractivity contribution >= 4 is 0 Å². The summed E-state index contributed by atoms with van der Waals surface area (Å²) in [5.74, 6) is 1.71. The maximum atomic E-state index is 6.08. The molecule has 1 atom stereocenters. The lowest BCUT2D eigenvalue weighted by Crippen LogP contribution is -2.14. The minimum atomic E-state index is -0.123. The highest BCUT2D eigenvalue weighted by Gasteiger charge is 2.12. The summed E-state index contributed by atoms with van der Waals surface area (Å²) in [6.07, 6.45) is 2.50. The second-order valence-corrected chi connectivity index (χ2v) is 4.03. The van der Waals surface area contributed by atoms with Crippen molar-refractivity contribution in [2.45, 2.75) is 26.3 Å². The Morgan fingerprint density at radius 2 is 2.12 bits per heavy atom. The van der Waals surface area contributed by atoms with Crippen LogP contribution in [0.1, 0.15) is 28.8 Å². The minimum absolute atomic E-state index is 0.123. The van der Waals surface area contributed by atoms with E-state index in [0.29, 0.717) is 6.42 Å². The van der Waals surface area contributed by atoms with E-state index in [2.05, 4.69) is 4.98 Å². The number of aryl methyl sites for hydroxylation is 2. The van der Waals surface area contributed by atoms with Gasteiger partial charge >= 0.3 is 0 Å². The Bertz CT molecular complexity index is 476. The first kappa shape index (κ1) is 10.9. The zero-order valence-electron chi connectivity index (χ0n) is 9.60. The molecule has 0 aliphatic rings. The first-order valence-electron chi connectivity index (χ1n) is 5.39. The highest BCUT2D eigenvalue weighted by Crippen LogP contribution is 2.18. The molecule has 0 spiro atoms. The highest BCUT2D eigenvalue weighted by atomic mass is 16.3. The van der Waals surface area contributed by atoms with Crippen molar-refractivity contribution in [1.82, 2.24) is 4.98 Å². The number of furan rings is 1. The lowest BCUT2D eigenvalue weighted by molar-refractivity contribution is 0.443. The standard InChI is InChI=1S/C13H16N2O/c1-9-4-3-7-15-12(9)8-11(14)13-6-5-10(2)16-13/h3-7,11H,8,14H2,1-2H3. The summed E-state index contributed by atoms with van der Waals surface area (Å²) in [6, 6.07) is 7.71. The van der Waals surface area contributed by atoms with Crippen molar-refractivity contribution in [1.29, 1.82) is 0 Å². The van der Waals surface area contributed by atoms with Gasteiger partial charge in [0.2, 0.25) is 0 Å². The number of nitrogens with two attached hydrogens (primary N) is 1. The third-order valence-corrected chi connectivity index (χ3v) is 2.66. The molecule has 3 nitrogen and oxygen atoms in total. The van der Waals surface area contributed by atoms with Crippen LogP contribution in [0.15, 0.2) is 34.9 Å². The van der Waals surface area contributed by atoms with E-state index in [1.807, 2.05) is 38.1 Å². The molecule has 2 heterocycles. The number of aromatic nitrogens is 1. The van der Waals surface area contributed by atoms with Crippen molar-refractivity contribution in [3.8, 4) is 0 Å². The van der Waals surface area contributed by atoms with Crippen molar-refractivity contribution in [3.63, 3.8) is 0 Å². The van der Waals surface area contributed by atoms with Crippen LogP contribution in [0.25, 0.3) is 0 Å². The molecule has 0 aliphatic heterocycles. The zero-order chi connectivity index (χ0) is 11.5. The van der Waals surface area contributed by atoms with E-state index in [9.17, 15) is 0 Å². The second kappa shape index (κ2) is 4.49. The Balaban J connectivity index is 2.13. The van der Waals surface area contributed by atoms with Crippen molar-refractivity contribution < 1.29 is 4.42 Å². The van der Waals surface area contributed by atoms with Crippen LogP contribution in [-0.4, -0.2) is 4.98 Å². The summed E-state index contributed by atoms with van der Waals surface area (Å²) in [4.78, 5) is 4.33. The van der Waals surface area contributed by atoms with Crippen LogP contribution in [0, 0.1) is 13.8 Å². The molecule has 0 fully saturated rings. The molecule has 2 N–H and O–H groups in total. The van der Waals surface area contributed by atoms with E-state index < -0.39 is 0 Å². The maximum absolute atomic E-state index is 6.08. The Morgan fingerprint density at radius 1 is 1.31 bits per heavy atom. The van der Waals surface area contributed by atoms with Crippen LogP contribution in [0.2, 0.25) is 0 Å². The van der Waals surface area contributed by atoms with E-state index >= 15 is 0 Å². The second-order valence-electron chi connectivity index (χ2n) is 4.03. The Labute approximate surface area is 95.3 Å². The molecule has 2 rings (SSSR count). The van der Waals surface area contributed by atoms with Crippen LogP contribution in [0.3, 0.4) is 0 Å². The number of pyridine rings is 1. The molecule has 0 bridgehead atoms. The molecule has 3 heteroatoms. The molecule has 2 aromatic rings. The quantitative estimate of drug-likeness (QED) is 0.857. The Kier molecular flexibility index (Phi) is 3.06. The molecule has 84 valence electrons. The van der Waals surface area contributed by atoms with Gasteiger partial charge in [-0.25, -0.2) is 0 Å². The van der Waals surface area contributed by atoms with Crippen LogP contribution < -0.4 is 5.73 Å². The number of hydrogen-bond acceptors (Lipinski definition) is 3. The van der Waals surface area contributed by atoms with Gasteiger partial charge in [0.1, 0.15) is 11.5 Å². The molecule has 0 aromatic carbocycles. The van der Waals surface area contributed by atoms with Crippen LogP contribution >= 0.6 is 0 Å². The summed E-state index contributed by atoms with van der Waals surface area (Å²) in [6.45, 7) is 3.96. The molecule has 16 heavy (non-hydrogen) atoms. The SMILES string of the molecule is Cc1ccc(C(N)Cc2ncccc2C)o1. The van der Waals surface area contributed by atoms with Crippen LogP contribution in [0.5, 0.6) is 0 Å². The first-order valence-corrected chi connectivity index (χ1v) is 5.39. The van der Waals surface area contributed by atoms with Gasteiger partial charge in [0.25, 0.3) is 0 Å². The van der Waals surface area contributed by atoms with Gasteiger partial charge in [-0.1, -0.05) is 6.07 Å². The van der Waals surface area contributed by atoms with Gasteiger partial charge in [-0.3, -0.25) is 4.98 Å². The molecular formula is C13H16N2O. The fourth-order valence-corrected chi connectivity index (χ4v) is 1.69. The third kappa shape index (κ3) is 2.31. The van der Waals surface area contributed by atoms with Gasteiger partial charge in [-0.2, -0.15) is 0 Å². The molecule has 0 saturated heterocycles. The molecule has 0 radical (unpaired) electrons. The van der Waals surface area contributed by atoms with Gasteiger partial charge in [0.05, 0.1) is 6.04 Å². The van der Waals surface area contributed by atoms with Gasteiger partial charge < -0.3 is 10.2 Å². The van der Waals surface area contributed by atoms with Crippen molar-refractivity contribution in [2.75, 3.05) is 0 Å². The average Bonchev–Trinajstić information content (AvgIpc) is 2.68. The lowest BCUT2D eigenvalue weighted by Gasteiger charge is -2.09. The summed E-state index contributed by atoms with van der Waals surface area (Å²) < 4.78 is 5.50. The van der Waals surface area contributed by atoms with Gasteiger partial charge in [0, 0.05) is 18.3 Å². The minimum Gasteiger partial charge on any atom is -0.465 e. The largest absolute Gasteiger partial charge is 0.465 e. The maximum Gasteiger partial charge on any atom is 0.121 e. The normalized spacial score (nSPS) is 12.7.